The molecule has 3 nitrogen and oxygen atoms in total. The summed E-state index contributed by atoms with van der Waals surface area (Å²) in [5.41, 5.74) is 10.5. The number of benzene rings is 5. The predicted molar refractivity (Wildman–Crippen MR) is 175 cm³/mol. The minimum atomic E-state index is -0.0502. The molecule has 8 rings (SSSR count). The molecule has 0 spiro atoms. The zero-order chi connectivity index (χ0) is 28.8. The Morgan fingerprint density at radius 1 is 0.488 bits per heavy atom. The van der Waals surface area contributed by atoms with Crippen molar-refractivity contribution in [1.82, 2.24) is 15.0 Å². The van der Waals surface area contributed by atoms with Crippen molar-refractivity contribution in [2.24, 2.45) is 0 Å². The van der Waals surface area contributed by atoms with E-state index in [1.165, 1.54) is 27.8 Å². The van der Waals surface area contributed by atoms with E-state index in [9.17, 15) is 0 Å². The molecule has 204 valence electrons. The van der Waals surface area contributed by atoms with Gasteiger partial charge >= 0.3 is 0 Å². The molecule has 2 atom stereocenters. The van der Waals surface area contributed by atoms with Crippen LogP contribution in [0.4, 0.5) is 0 Å². The topological polar surface area (TPSA) is 38.7 Å². The Kier molecular flexibility index (Phi) is 5.97. The molecule has 43 heavy (non-hydrogen) atoms. The number of aromatic nitrogens is 3. The average molecular weight is 552 g/mol. The van der Waals surface area contributed by atoms with Crippen LogP contribution in [0.2, 0.25) is 0 Å². The summed E-state index contributed by atoms with van der Waals surface area (Å²) in [5, 5.41) is 0. The lowest BCUT2D eigenvalue weighted by Gasteiger charge is -2.42. The molecule has 5 aromatic carbocycles. The Bertz CT molecular complexity index is 1980. The van der Waals surface area contributed by atoms with E-state index in [4.69, 9.17) is 15.0 Å². The van der Waals surface area contributed by atoms with E-state index in [0.717, 1.165) is 22.3 Å². The van der Waals surface area contributed by atoms with Crippen LogP contribution in [0.25, 0.3) is 56.4 Å². The molecular weight excluding hydrogens is 522 g/mol. The van der Waals surface area contributed by atoms with Crippen LogP contribution in [0.15, 0.2) is 152 Å². The van der Waals surface area contributed by atoms with Gasteiger partial charge in [0.15, 0.2) is 17.5 Å². The molecule has 2 unspecified atom stereocenters. The second-order valence-corrected chi connectivity index (χ2v) is 11.5. The zero-order valence-electron chi connectivity index (χ0n) is 23.9. The molecule has 0 aliphatic heterocycles. The molecule has 0 fully saturated rings. The first kappa shape index (κ1) is 25.3. The van der Waals surface area contributed by atoms with E-state index in [1.54, 1.807) is 0 Å². The third kappa shape index (κ3) is 4.33. The number of hydrogen-bond acceptors (Lipinski definition) is 3. The van der Waals surface area contributed by atoms with Gasteiger partial charge in [0.25, 0.3) is 0 Å². The van der Waals surface area contributed by atoms with Crippen molar-refractivity contribution < 1.29 is 0 Å². The van der Waals surface area contributed by atoms with Gasteiger partial charge in [0, 0.05) is 28.0 Å². The van der Waals surface area contributed by atoms with Gasteiger partial charge in [-0.1, -0.05) is 146 Å². The summed E-state index contributed by atoms with van der Waals surface area (Å²) in [7, 11) is 0. The van der Waals surface area contributed by atoms with Gasteiger partial charge in [-0.15, -0.1) is 0 Å². The molecule has 0 saturated carbocycles. The van der Waals surface area contributed by atoms with Gasteiger partial charge in [0.05, 0.1) is 0 Å². The number of allylic oxidation sites excluding steroid dienone is 4. The lowest BCUT2D eigenvalue weighted by molar-refractivity contribution is 0.519. The normalized spacial score (nSPS) is 18.0. The number of fused-ring (bicyclic) bond motifs is 6. The number of nitrogens with zero attached hydrogens (tertiary/aromatic N) is 3. The fourth-order valence-corrected chi connectivity index (χ4v) is 6.62. The van der Waals surface area contributed by atoms with Crippen LogP contribution in [0.1, 0.15) is 24.0 Å². The van der Waals surface area contributed by atoms with Crippen molar-refractivity contribution in [2.75, 3.05) is 0 Å². The quantitative estimate of drug-likeness (QED) is 0.219. The summed E-state index contributed by atoms with van der Waals surface area (Å²) in [6, 6.07) is 44.6. The van der Waals surface area contributed by atoms with Gasteiger partial charge < -0.3 is 0 Å². The van der Waals surface area contributed by atoms with Gasteiger partial charge in [-0.2, -0.15) is 0 Å². The number of hydrogen-bond donors (Lipinski definition) is 0. The molecule has 2 aliphatic rings. The first-order chi connectivity index (χ1) is 21.2. The first-order valence-corrected chi connectivity index (χ1v) is 14.7. The van der Waals surface area contributed by atoms with Crippen molar-refractivity contribution in [3.63, 3.8) is 0 Å². The van der Waals surface area contributed by atoms with E-state index < -0.39 is 0 Å². The van der Waals surface area contributed by atoms with E-state index in [2.05, 4.69) is 98.0 Å². The summed E-state index contributed by atoms with van der Waals surface area (Å²) in [5.74, 6) is 2.30. The van der Waals surface area contributed by atoms with E-state index in [1.807, 2.05) is 60.7 Å². The van der Waals surface area contributed by atoms with Crippen molar-refractivity contribution in [1.29, 1.82) is 0 Å². The van der Waals surface area contributed by atoms with Crippen LogP contribution in [-0.4, -0.2) is 15.0 Å². The van der Waals surface area contributed by atoms with Crippen molar-refractivity contribution in [2.45, 2.75) is 18.3 Å². The molecule has 1 heterocycles. The fourth-order valence-electron chi connectivity index (χ4n) is 6.62. The molecule has 0 saturated heterocycles. The largest absolute Gasteiger partial charge is 0.208 e. The second-order valence-electron chi connectivity index (χ2n) is 11.5. The maximum Gasteiger partial charge on any atom is 0.164 e. The molecule has 0 N–H and O–H groups in total. The summed E-state index contributed by atoms with van der Waals surface area (Å²) < 4.78 is 0. The van der Waals surface area contributed by atoms with E-state index in [-0.39, 0.29) is 5.41 Å². The highest BCUT2D eigenvalue weighted by molar-refractivity contribution is 5.83. The Morgan fingerprint density at radius 2 is 1.07 bits per heavy atom. The molecule has 1 aromatic heterocycles. The summed E-state index contributed by atoms with van der Waals surface area (Å²) in [6.45, 7) is 2.36. The zero-order valence-corrected chi connectivity index (χ0v) is 23.9. The SMILES string of the molecule is CC12C=CC=CC1c1ccc(-c3cccc(-c4nc(-c5ccccc5)nc(-c5ccccc5)n4)c3)cc1-c1ccccc12. The maximum absolute atomic E-state index is 4.95. The maximum atomic E-state index is 4.95. The Morgan fingerprint density at radius 3 is 1.79 bits per heavy atom. The van der Waals surface area contributed by atoms with Gasteiger partial charge in [-0.05, 0) is 45.5 Å². The summed E-state index contributed by atoms with van der Waals surface area (Å²) >= 11 is 0. The van der Waals surface area contributed by atoms with Crippen LogP contribution in [-0.2, 0) is 5.41 Å². The Labute approximate surface area is 252 Å². The van der Waals surface area contributed by atoms with Crippen LogP contribution < -0.4 is 0 Å². The standard InChI is InChI=1S/C40H29N3/c1-40-24-11-10-21-36(40)33-23-22-30(26-34(33)32-19-8-9-20-35(32)40)29-17-12-18-31(25-29)39-42-37(27-13-4-2-5-14-27)41-38(43-39)28-15-6-3-7-16-28/h2-26,36H,1H3. The predicted octanol–water partition coefficient (Wildman–Crippen LogP) is 9.69. The molecule has 0 bridgehead atoms. The van der Waals surface area contributed by atoms with E-state index in [0.29, 0.717) is 23.4 Å². The van der Waals surface area contributed by atoms with Gasteiger partial charge in [0.1, 0.15) is 0 Å². The van der Waals surface area contributed by atoms with Crippen LogP contribution in [0.3, 0.4) is 0 Å². The highest BCUT2D eigenvalue weighted by Crippen LogP contribution is 2.53. The Balaban J connectivity index is 1.25. The Hall–Kier alpha value is -5.41. The molecule has 0 radical (unpaired) electrons. The molecule has 2 aliphatic carbocycles. The third-order valence-electron chi connectivity index (χ3n) is 8.84. The van der Waals surface area contributed by atoms with Gasteiger partial charge in [-0.25, -0.2) is 15.0 Å². The monoisotopic (exact) mass is 551 g/mol. The van der Waals surface area contributed by atoms with E-state index >= 15 is 0 Å². The highest BCUT2D eigenvalue weighted by Gasteiger charge is 2.41. The molecule has 3 heteroatoms. The lowest BCUT2D eigenvalue weighted by Crippen LogP contribution is -2.32. The van der Waals surface area contributed by atoms with Crippen LogP contribution >= 0.6 is 0 Å². The van der Waals surface area contributed by atoms with Crippen LogP contribution in [0.5, 0.6) is 0 Å². The molecule has 0 amide bonds. The summed E-state index contributed by atoms with van der Waals surface area (Å²) in [6.07, 6.45) is 9.08. The molecular formula is C40H29N3. The molecule has 6 aromatic rings. The van der Waals surface area contributed by atoms with Crippen LogP contribution in [0, 0.1) is 0 Å². The first-order valence-electron chi connectivity index (χ1n) is 14.7. The summed E-state index contributed by atoms with van der Waals surface area (Å²) in [4.78, 5) is 14.8. The lowest BCUT2D eigenvalue weighted by atomic mass is 9.60. The van der Waals surface area contributed by atoms with Crippen molar-refractivity contribution >= 4 is 0 Å². The van der Waals surface area contributed by atoms with Crippen molar-refractivity contribution in [3.8, 4) is 56.4 Å². The van der Waals surface area contributed by atoms with Crippen molar-refractivity contribution in [3.05, 3.63) is 163 Å². The second kappa shape index (κ2) is 10.1. The number of rotatable bonds is 4. The third-order valence-corrected chi connectivity index (χ3v) is 8.84. The minimum Gasteiger partial charge on any atom is -0.208 e. The minimum absolute atomic E-state index is 0.0502. The van der Waals surface area contributed by atoms with Gasteiger partial charge in [0.2, 0.25) is 0 Å². The van der Waals surface area contributed by atoms with Gasteiger partial charge in [-0.3, -0.25) is 0 Å². The highest BCUT2D eigenvalue weighted by atomic mass is 15.0. The fraction of sp³-hybridized carbons (Fsp3) is 0.0750. The average Bonchev–Trinajstić information content (AvgIpc) is 3.09. The smallest absolute Gasteiger partial charge is 0.164 e.